The summed E-state index contributed by atoms with van der Waals surface area (Å²) in [6.07, 6.45) is 8.62. The van der Waals surface area contributed by atoms with Crippen molar-refractivity contribution in [3.8, 4) is 50.6 Å². The summed E-state index contributed by atoms with van der Waals surface area (Å²) in [5, 5.41) is 25.9. The molecular weight excluding hydrogens is 1670 g/mol. The quantitative estimate of drug-likeness (QED) is 0.0323. The van der Waals surface area contributed by atoms with Crippen LogP contribution in [0, 0.1) is 0 Å². The van der Waals surface area contributed by atoms with E-state index in [0.717, 1.165) is 119 Å². The molecule has 7 amide bonds. The van der Waals surface area contributed by atoms with Crippen LogP contribution in [0.5, 0.6) is 17.2 Å². The average molecular weight is 1780 g/mol. The molecule has 0 spiro atoms. The van der Waals surface area contributed by atoms with Crippen molar-refractivity contribution in [1.82, 2.24) is 61.1 Å². The third kappa shape index (κ3) is 26.9. The Morgan fingerprint density at radius 1 is 0.405 bits per heavy atom. The molecule has 3 saturated heterocycles. The lowest BCUT2D eigenvalue weighted by Gasteiger charge is -2.35. The van der Waals surface area contributed by atoms with Gasteiger partial charge in [0.25, 0.3) is 11.8 Å². The molecule has 3 fully saturated rings. The first-order valence-corrected chi connectivity index (χ1v) is 43.3. The summed E-state index contributed by atoms with van der Waals surface area (Å²) in [4.78, 5) is 117. The fourth-order valence-electron chi connectivity index (χ4n) is 14.7. The summed E-state index contributed by atoms with van der Waals surface area (Å²) in [5.74, 6) is 2.16. The summed E-state index contributed by atoms with van der Waals surface area (Å²) in [5.41, 5.74) is 28.7. The van der Waals surface area contributed by atoms with Crippen molar-refractivity contribution in [2.75, 3.05) is 115 Å². The van der Waals surface area contributed by atoms with E-state index in [0.29, 0.717) is 164 Å². The molecule has 6 aliphatic rings. The number of halogens is 3. The minimum atomic E-state index is -0.966. The van der Waals surface area contributed by atoms with Crippen molar-refractivity contribution >= 4 is 99.9 Å². The Kier molecular flexibility index (Phi) is 31.8. The number of carbonyl (C=O) groups is 8. The van der Waals surface area contributed by atoms with Crippen molar-refractivity contribution < 1.29 is 67.1 Å². The van der Waals surface area contributed by atoms with Gasteiger partial charge in [-0.1, -0.05) is 89.4 Å². The number of fused-ring (bicyclic) bond motifs is 3. The Labute approximate surface area is 748 Å². The molecule has 15 rings (SSSR count). The van der Waals surface area contributed by atoms with Gasteiger partial charge < -0.3 is 92.2 Å². The maximum absolute atomic E-state index is 13.1. The van der Waals surface area contributed by atoms with Crippen LogP contribution in [0.25, 0.3) is 33.4 Å². The van der Waals surface area contributed by atoms with Crippen molar-refractivity contribution in [1.29, 1.82) is 0 Å². The number of nitrogens with zero attached hydrogens (tertiary/aromatic N) is 7. The molecule has 12 N–H and O–H groups in total. The Morgan fingerprint density at radius 3 is 0.984 bits per heavy atom. The van der Waals surface area contributed by atoms with E-state index in [1.54, 1.807) is 81.8 Å². The largest absolute Gasteiger partial charge is 0.486 e. The molecule has 3 aromatic heterocycles. The maximum atomic E-state index is 13.1. The lowest BCUT2D eigenvalue weighted by molar-refractivity contribution is -0.122. The number of hydrogen-bond acceptors (Lipinski definition) is 21. The highest BCUT2D eigenvalue weighted by molar-refractivity contribution is 6.33. The second kappa shape index (κ2) is 43.1. The van der Waals surface area contributed by atoms with Gasteiger partial charge in [0, 0.05) is 163 Å². The molecule has 664 valence electrons. The van der Waals surface area contributed by atoms with Gasteiger partial charge in [-0.2, -0.15) is 0 Å². The summed E-state index contributed by atoms with van der Waals surface area (Å²) in [7, 11) is 0. The number of carboxylic acid groups (broad SMARTS) is 1. The number of nitrogen functional groups attached to an aromatic ring is 3. The third-order valence-corrected chi connectivity index (χ3v) is 22.2. The molecule has 3 unspecified atom stereocenters. The number of rotatable bonds is 21. The van der Waals surface area contributed by atoms with E-state index in [2.05, 4.69) is 47.6 Å². The molecule has 32 heteroatoms. The summed E-state index contributed by atoms with van der Waals surface area (Å²) in [6.45, 7) is 20.4. The zero-order valence-corrected chi connectivity index (χ0v) is 73.8. The number of nitrogens with two attached hydrogens (primary N) is 3. The molecular formula is C94H108Cl3N15O14. The van der Waals surface area contributed by atoms with Crippen LogP contribution < -0.4 is 58.0 Å². The molecule has 0 saturated carbocycles. The number of benzene rings is 6. The van der Waals surface area contributed by atoms with Crippen molar-refractivity contribution in [2.45, 2.75) is 129 Å². The van der Waals surface area contributed by atoms with Gasteiger partial charge in [-0.25, -0.2) is 29.3 Å². The number of nitrogens with one attached hydrogen (secondary N) is 5. The van der Waals surface area contributed by atoms with E-state index in [9.17, 15) is 38.4 Å². The molecule has 6 aromatic carbocycles. The number of amides is 7. The number of aromatic carboxylic acids is 1. The third-order valence-electron chi connectivity index (χ3n) is 21.4. The highest BCUT2D eigenvalue weighted by Crippen LogP contribution is 2.43. The van der Waals surface area contributed by atoms with Gasteiger partial charge in [-0.3, -0.25) is 24.0 Å². The fraction of sp³-hybridized carbons (Fsp3) is 0.372. The summed E-state index contributed by atoms with van der Waals surface area (Å²) < 4.78 is 28.8. The standard InChI is InChI=1S/C33H38ClN5O5.C28H30ClN5O3.C24H22ClN3O4.C9H18N2O2/c1-33(2,3)44-32(42)39-14-12-38(13-15-39)31(41)23-8-6-22(7-9-23)24-16-25-17-26(43-30(25)27(34)18-24)20-37-29(40)11-5-21-4-10-28(35)36-19-21;29-24-15-21(19-3-5-20(6-4-19)28(36)34-11-9-31-10-12-34)13-22-14-23(37-27(22)24)17-33-26(35)8-2-18-1-7-25(30)32-16-18;25-20-11-17(15-3-5-16(6-4-15)24(30)31)9-18-10-19(32-23(18)20)13-28-22(29)8-2-14-1-7-21(26)27-12-14;1-9(2,3)13-8(12)11-6-4-10-5-7-11/h4,6-10,16,18-19,26H,5,11-15,17,20H2,1-3H3,(H2,35,36)(H,37,40);1,3-7,13,15-16,23,31H,2,8-12,14,17H2,(H2,30,32)(H,33,35);1,3-7,9,11-12,19H,2,8,10,13H2,(H2,26,27)(H,28,29)(H,30,31);10H,4-7H2,1-3H3. The number of aryl methyl sites for hydroxylation is 3. The average Bonchev–Trinajstić information content (AvgIpc) is 1.65. The number of aromatic nitrogens is 3. The van der Waals surface area contributed by atoms with Gasteiger partial charge in [0.05, 0.1) is 40.3 Å². The van der Waals surface area contributed by atoms with Crippen molar-refractivity contribution in [2.24, 2.45) is 0 Å². The van der Waals surface area contributed by atoms with E-state index in [1.807, 2.05) is 137 Å². The number of piperazine rings is 3. The maximum Gasteiger partial charge on any atom is 0.410 e. The highest BCUT2D eigenvalue weighted by Gasteiger charge is 2.33. The topological polar surface area (TPSA) is 393 Å². The number of pyridine rings is 3. The van der Waals surface area contributed by atoms with Crippen LogP contribution in [0.2, 0.25) is 15.1 Å². The Bertz CT molecular complexity index is 5310. The Morgan fingerprint density at radius 2 is 0.690 bits per heavy atom. The first kappa shape index (κ1) is 92.9. The number of hydrogen-bond donors (Lipinski definition) is 9. The number of ether oxygens (including phenoxy) is 5. The van der Waals surface area contributed by atoms with E-state index < -0.39 is 11.6 Å². The predicted octanol–water partition coefficient (Wildman–Crippen LogP) is 12.4. The van der Waals surface area contributed by atoms with Crippen LogP contribution in [0.3, 0.4) is 0 Å². The predicted molar refractivity (Wildman–Crippen MR) is 485 cm³/mol. The van der Waals surface area contributed by atoms with Crippen molar-refractivity contribution in [3.05, 3.63) is 229 Å². The zero-order chi connectivity index (χ0) is 89.8. The first-order chi connectivity index (χ1) is 60.3. The molecule has 0 aliphatic carbocycles. The van der Waals surface area contributed by atoms with Gasteiger partial charge in [0.2, 0.25) is 17.7 Å². The minimum absolute atomic E-state index is 0.0429. The van der Waals surface area contributed by atoms with Crippen LogP contribution in [0.1, 0.15) is 125 Å². The molecule has 9 heterocycles. The first-order valence-electron chi connectivity index (χ1n) is 42.2. The number of carboxylic acids is 1. The van der Waals surface area contributed by atoms with Crippen LogP contribution in [-0.4, -0.2) is 215 Å². The van der Waals surface area contributed by atoms with Crippen LogP contribution in [0.4, 0.5) is 27.0 Å². The van der Waals surface area contributed by atoms with Crippen LogP contribution in [0.15, 0.2) is 164 Å². The molecule has 6 aliphatic heterocycles. The molecule has 9 aromatic rings. The van der Waals surface area contributed by atoms with Gasteiger partial charge in [-0.05, 0) is 202 Å². The van der Waals surface area contributed by atoms with Gasteiger partial charge in [-0.15, -0.1) is 0 Å². The SMILES string of the molecule is CC(C)(C)OC(=O)N1CCN(C(=O)c2ccc(-c3cc(Cl)c4c(c3)CC(CNC(=O)CCc3ccc(N)nc3)O4)cc2)CC1.CC(C)(C)OC(=O)N1CCNCC1.Nc1ccc(CCC(=O)NCC2Cc3cc(-c4ccc(C(=O)N5CCNCC5)cc4)cc(Cl)c3O2)cn1.Nc1ccc(CCC(=O)NCC2Cc3cc(-c4ccc(C(=O)O)cc4)cc(Cl)c3O2)cn1. The summed E-state index contributed by atoms with van der Waals surface area (Å²) >= 11 is 19.6. The second-order valence-corrected chi connectivity index (χ2v) is 34.6. The van der Waals surface area contributed by atoms with E-state index in [1.165, 1.54) is 0 Å². The highest BCUT2D eigenvalue weighted by atomic mass is 35.5. The van der Waals surface area contributed by atoms with E-state index >= 15 is 0 Å². The lowest BCUT2D eigenvalue weighted by Crippen LogP contribution is -2.51. The fourth-order valence-corrected chi connectivity index (χ4v) is 15.6. The van der Waals surface area contributed by atoms with Crippen LogP contribution in [-0.2, 0) is 62.4 Å². The summed E-state index contributed by atoms with van der Waals surface area (Å²) in [6, 6.07) is 44.2. The second-order valence-electron chi connectivity index (χ2n) is 33.4. The zero-order valence-electron chi connectivity index (χ0n) is 71.5. The smallest absolute Gasteiger partial charge is 0.410 e. The molecule has 0 bridgehead atoms. The lowest BCUT2D eigenvalue weighted by atomic mass is 9.99. The van der Waals surface area contributed by atoms with Crippen molar-refractivity contribution in [3.63, 3.8) is 0 Å². The van der Waals surface area contributed by atoms with Crippen LogP contribution >= 0.6 is 34.8 Å². The minimum Gasteiger partial charge on any atom is -0.486 e. The molecule has 126 heavy (non-hydrogen) atoms. The Hall–Kier alpha value is -12.3. The van der Waals surface area contributed by atoms with Gasteiger partial charge in [0.1, 0.15) is 64.2 Å². The van der Waals surface area contributed by atoms with Gasteiger partial charge >= 0.3 is 18.2 Å². The molecule has 3 atom stereocenters. The van der Waals surface area contributed by atoms with E-state index in [-0.39, 0.29) is 71.2 Å². The molecule has 29 nitrogen and oxygen atoms in total. The number of anilines is 3. The van der Waals surface area contributed by atoms with E-state index in [4.69, 9.17) is 80.8 Å². The molecule has 0 radical (unpaired) electrons. The number of carbonyl (C=O) groups excluding carboxylic acids is 7. The Balaban J connectivity index is 0.000000162. The monoisotopic (exact) mass is 1780 g/mol. The van der Waals surface area contributed by atoms with Gasteiger partial charge in [0.15, 0.2) is 0 Å². The normalized spacial score (nSPS) is 16.2.